The molecule has 1 fully saturated rings. The summed E-state index contributed by atoms with van der Waals surface area (Å²) in [6.07, 6.45) is 7.70. The van der Waals surface area contributed by atoms with Crippen LogP contribution in [0.5, 0.6) is 0 Å². The quantitative estimate of drug-likeness (QED) is 0.748. The fourth-order valence-electron chi connectivity index (χ4n) is 2.87. The van der Waals surface area contributed by atoms with Gasteiger partial charge in [-0.05, 0) is 61.8 Å². The Balaban J connectivity index is 1.32. The molecule has 1 aromatic carbocycles. The molecule has 1 aromatic rings. The first-order valence-corrected chi connectivity index (χ1v) is 7.92. The molecule has 2 N–H and O–H groups in total. The lowest BCUT2D eigenvalue weighted by molar-refractivity contribution is -0.121. The molecule has 3 rings (SSSR count). The minimum Gasteiger partial charge on any atom is -0.353 e. The predicted molar refractivity (Wildman–Crippen MR) is 80.6 cm³/mol. The Morgan fingerprint density at radius 2 is 2.05 bits per heavy atom. The summed E-state index contributed by atoms with van der Waals surface area (Å²) in [4.78, 5) is 11.5. The number of hydrogen-bond acceptors (Lipinski definition) is 2. The van der Waals surface area contributed by atoms with Gasteiger partial charge in [-0.3, -0.25) is 4.79 Å². The summed E-state index contributed by atoms with van der Waals surface area (Å²) >= 11 is 0. The summed E-state index contributed by atoms with van der Waals surface area (Å²) in [6, 6.07) is 7.34. The van der Waals surface area contributed by atoms with Crippen LogP contribution >= 0.6 is 0 Å². The average Bonchev–Trinajstić information content (AvgIpc) is 3.13. The second-order valence-corrected chi connectivity index (χ2v) is 6.08. The minimum atomic E-state index is 0.215. The fraction of sp³-hybridized carbons (Fsp3) is 0.588. The van der Waals surface area contributed by atoms with E-state index < -0.39 is 0 Å². The SMILES string of the molecule is O=C(CCCNCc1ccc2c(c1)CCC2)NC1CC1. The average molecular weight is 272 g/mol. The van der Waals surface area contributed by atoms with Gasteiger partial charge in [0.15, 0.2) is 0 Å². The van der Waals surface area contributed by atoms with Crippen molar-refractivity contribution >= 4 is 5.91 Å². The number of carbonyl (C=O) groups excluding carboxylic acids is 1. The second-order valence-electron chi connectivity index (χ2n) is 6.08. The summed E-state index contributed by atoms with van der Waals surface area (Å²) < 4.78 is 0. The van der Waals surface area contributed by atoms with Crippen LogP contribution in [0.25, 0.3) is 0 Å². The molecule has 0 unspecified atom stereocenters. The van der Waals surface area contributed by atoms with Crippen LogP contribution < -0.4 is 10.6 Å². The van der Waals surface area contributed by atoms with Gasteiger partial charge in [0.2, 0.25) is 5.91 Å². The van der Waals surface area contributed by atoms with Crippen LogP contribution in [-0.4, -0.2) is 18.5 Å². The number of carbonyl (C=O) groups is 1. The van der Waals surface area contributed by atoms with E-state index in [0.717, 1.165) is 19.5 Å². The molecular formula is C17H24N2O. The summed E-state index contributed by atoms with van der Waals surface area (Å²) in [6.45, 7) is 1.83. The lowest BCUT2D eigenvalue weighted by Crippen LogP contribution is -2.26. The molecule has 0 atom stereocenters. The molecule has 20 heavy (non-hydrogen) atoms. The molecule has 1 saturated carbocycles. The standard InChI is InChI=1S/C17H24N2O/c20-17(19-16-8-9-16)5-2-10-18-12-13-6-7-14-3-1-4-15(14)11-13/h6-7,11,16,18H,1-5,8-10,12H2,(H,19,20). The smallest absolute Gasteiger partial charge is 0.220 e. The van der Waals surface area contributed by atoms with Crippen molar-refractivity contribution < 1.29 is 4.79 Å². The van der Waals surface area contributed by atoms with Crippen LogP contribution in [0.2, 0.25) is 0 Å². The lowest BCUT2D eigenvalue weighted by Gasteiger charge is -2.07. The topological polar surface area (TPSA) is 41.1 Å². The second kappa shape index (κ2) is 6.40. The number of amides is 1. The van der Waals surface area contributed by atoms with Crippen LogP contribution in [0, 0.1) is 0 Å². The van der Waals surface area contributed by atoms with Crippen molar-refractivity contribution in [2.75, 3.05) is 6.54 Å². The molecule has 2 aliphatic rings. The summed E-state index contributed by atoms with van der Waals surface area (Å²) in [5, 5.41) is 6.46. The molecule has 0 bridgehead atoms. The maximum atomic E-state index is 11.5. The van der Waals surface area contributed by atoms with E-state index in [0.29, 0.717) is 12.5 Å². The van der Waals surface area contributed by atoms with Crippen LogP contribution in [0.15, 0.2) is 18.2 Å². The van der Waals surface area contributed by atoms with Crippen molar-refractivity contribution in [3.63, 3.8) is 0 Å². The van der Waals surface area contributed by atoms with Gasteiger partial charge in [-0.25, -0.2) is 0 Å². The first-order chi connectivity index (χ1) is 9.81. The van der Waals surface area contributed by atoms with E-state index >= 15 is 0 Å². The molecule has 2 aliphatic carbocycles. The highest BCUT2D eigenvalue weighted by molar-refractivity contribution is 5.76. The van der Waals surface area contributed by atoms with E-state index in [4.69, 9.17) is 0 Å². The Labute approximate surface area is 121 Å². The Bertz CT molecular complexity index is 480. The van der Waals surface area contributed by atoms with Gasteiger partial charge in [0.05, 0.1) is 0 Å². The van der Waals surface area contributed by atoms with Gasteiger partial charge in [0, 0.05) is 19.0 Å². The Morgan fingerprint density at radius 1 is 1.20 bits per heavy atom. The number of aryl methyl sites for hydroxylation is 2. The molecule has 0 heterocycles. The van der Waals surface area contributed by atoms with Gasteiger partial charge in [0.1, 0.15) is 0 Å². The normalized spacial score (nSPS) is 17.0. The highest BCUT2D eigenvalue weighted by Crippen LogP contribution is 2.22. The van der Waals surface area contributed by atoms with E-state index in [1.165, 1.54) is 48.8 Å². The van der Waals surface area contributed by atoms with Crippen LogP contribution in [0.3, 0.4) is 0 Å². The van der Waals surface area contributed by atoms with Crippen LogP contribution in [0.4, 0.5) is 0 Å². The third-order valence-corrected chi connectivity index (χ3v) is 4.19. The third-order valence-electron chi connectivity index (χ3n) is 4.19. The number of hydrogen-bond donors (Lipinski definition) is 2. The zero-order valence-electron chi connectivity index (χ0n) is 12.1. The molecule has 1 amide bonds. The Kier molecular flexibility index (Phi) is 4.36. The minimum absolute atomic E-state index is 0.215. The summed E-state index contributed by atoms with van der Waals surface area (Å²) in [7, 11) is 0. The van der Waals surface area contributed by atoms with Gasteiger partial charge < -0.3 is 10.6 Å². The van der Waals surface area contributed by atoms with Gasteiger partial charge in [0.25, 0.3) is 0 Å². The van der Waals surface area contributed by atoms with Crippen LogP contribution in [-0.2, 0) is 24.2 Å². The molecule has 3 heteroatoms. The third kappa shape index (κ3) is 3.83. The van der Waals surface area contributed by atoms with Gasteiger partial charge in [-0.15, -0.1) is 0 Å². The van der Waals surface area contributed by atoms with Crippen LogP contribution in [0.1, 0.15) is 48.8 Å². The first-order valence-electron chi connectivity index (χ1n) is 7.92. The molecule has 0 saturated heterocycles. The predicted octanol–water partition coefficient (Wildman–Crippen LogP) is 2.32. The molecule has 108 valence electrons. The van der Waals surface area contributed by atoms with Crippen molar-refractivity contribution in [3.05, 3.63) is 34.9 Å². The number of nitrogens with one attached hydrogen (secondary N) is 2. The van der Waals surface area contributed by atoms with Crippen molar-refractivity contribution in [2.45, 2.75) is 57.5 Å². The van der Waals surface area contributed by atoms with Gasteiger partial charge in [-0.1, -0.05) is 18.2 Å². The molecular weight excluding hydrogens is 248 g/mol. The maximum Gasteiger partial charge on any atom is 0.220 e. The largest absolute Gasteiger partial charge is 0.353 e. The molecule has 0 aliphatic heterocycles. The summed E-state index contributed by atoms with van der Waals surface area (Å²) in [5.74, 6) is 0.215. The number of fused-ring (bicyclic) bond motifs is 1. The van der Waals surface area contributed by atoms with Crippen molar-refractivity contribution in [3.8, 4) is 0 Å². The maximum absolute atomic E-state index is 11.5. The van der Waals surface area contributed by atoms with E-state index in [1.807, 2.05) is 0 Å². The molecule has 0 spiro atoms. The Hall–Kier alpha value is -1.35. The van der Waals surface area contributed by atoms with E-state index in [9.17, 15) is 4.79 Å². The van der Waals surface area contributed by atoms with Crippen molar-refractivity contribution in [1.82, 2.24) is 10.6 Å². The van der Waals surface area contributed by atoms with Gasteiger partial charge in [-0.2, -0.15) is 0 Å². The van der Waals surface area contributed by atoms with E-state index in [1.54, 1.807) is 0 Å². The molecule has 3 nitrogen and oxygen atoms in total. The van der Waals surface area contributed by atoms with E-state index in [-0.39, 0.29) is 5.91 Å². The zero-order chi connectivity index (χ0) is 13.8. The highest BCUT2D eigenvalue weighted by atomic mass is 16.1. The van der Waals surface area contributed by atoms with Crippen molar-refractivity contribution in [2.24, 2.45) is 0 Å². The number of benzene rings is 1. The van der Waals surface area contributed by atoms with Gasteiger partial charge >= 0.3 is 0 Å². The Morgan fingerprint density at radius 3 is 2.90 bits per heavy atom. The lowest BCUT2D eigenvalue weighted by atomic mass is 10.1. The molecule has 0 radical (unpaired) electrons. The fourth-order valence-corrected chi connectivity index (χ4v) is 2.87. The van der Waals surface area contributed by atoms with Crippen molar-refractivity contribution in [1.29, 1.82) is 0 Å². The summed E-state index contributed by atoms with van der Waals surface area (Å²) in [5.41, 5.74) is 4.44. The highest BCUT2D eigenvalue weighted by Gasteiger charge is 2.22. The zero-order valence-corrected chi connectivity index (χ0v) is 12.1. The number of rotatable bonds is 7. The van der Waals surface area contributed by atoms with E-state index in [2.05, 4.69) is 28.8 Å². The monoisotopic (exact) mass is 272 g/mol. The molecule has 0 aromatic heterocycles. The first kappa shape index (κ1) is 13.6.